The monoisotopic (exact) mass is 304 g/mol. The molecule has 122 valence electrons. The smallest absolute Gasteiger partial charge is 0.315 e. The molecule has 0 spiro atoms. The number of unbranched alkanes of at least 4 members (excludes halogenated alkanes) is 2. The van der Waals surface area contributed by atoms with Crippen LogP contribution in [0.3, 0.4) is 0 Å². The lowest BCUT2D eigenvalue weighted by molar-refractivity contribution is 0.237. The fraction of sp³-hybridized carbons (Fsp3) is 0.611. The molecule has 4 nitrogen and oxygen atoms in total. The molecule has 0 saturated carbocycles. The first-order valence-corrected chi connectivity index (χ1v) is 8.48. The van der Waals surface area contributed by atoms with E-state index in [-0.39, 0.29) is 12.1 Å². The molecule has 1 aliphatic rings. The minimum atomic E-state index is -0.0616. The van der Waals surface area contributed by atoms with Gasteiger partial charge < -0.3 is 15.4 Å². The standard InChI is InChI=1S/C18H28N2O2/c1-3-4-5-6-14(2)20-18(21)19-11-9-15-7-8-17-16(13-15)10-12-22-17/h7-8,13-14H,3-6,9-12H2,1-2H3,(H2,19,20,21). The van der Waals surface area contributed by atoms with Gasteiger partial charge in [0.25, 0.3) is 0 Å². The number of amides is 2. The quantitative estimate of drug-likeness (QED) is 0.723. The first-order valence-electron chi connectivity index (χ1n) is 8.48. The summed E-state index contributed by atoms with van der Waals surface area (Å²) in [5.74, 6) is 1.01. The van der Waals surface area contributed by atoms with E-state index in [1.165, 1.54) is 30.4 Å². The lowest BCUT2D eigenvalue weighted by Crippen LogP contribution is -2.41. The van der Waals surface area contributed by atoms with Crippen molar-refractivity contribution in [2.45, 2.75) is 58.4 Å². The van der Waals surface area contributed by atoms with Crippen LogP contribution in [0.5, 0.6) is 5.75 Å². The third-order valence-electron chi connectivity index (χ3n) is 4.07. The van der Waals surface area contributed by atoms with Crippen molar-refractivity contribution in [2.75, 3.05) is 13.2 Å². The molecule has 2 rings (SSSR count). The molecule has 1 aromatic rings. The Morgan fingerprint density at radius 3 is 3.05 bits per heavy atom. The third kappa shape index (κ3) is 5.24. The van der Waals surface area contributed by atoms with Crippen LogP contribution in [0.1, 0.15) is 50.7 Å². The van der Waals surface area contributed by atoms with Crippen molar-refractivity contribution in [3.63, 3.8) is 0 Å². The van der Waals surface area contributed by atoms with Gasteiger partial charge in [-0.3, -0.25) is 0 Å². The van der Waals surface area contributed by atoms with Crippen molar-refractivity contribution in [2.24, 2.45) is 0 Å². The highest BCUT2D eigenvalue weighted by Gasteiger charge is 2.12. The van der Waals surface area contributed by atoms with Crippen LogP contribution < -0.4 is 15.4 Å². The Morgan fingerprint density at radius 2 is 2.23 bits per heavy atom. The molecule has 4 heteroatoms. The number of ether oxygens (including phenoxy) is 1. The number of hydrogen-bond donors (Lipinski definition) is 2. The summed E-state index contributed by atoms with van der Waals surface area (Å²) in [5.41, 5.74) is 2.53. The number of urea groups is 1. The Kier molecular flexibility index (Phi) is 6.56. The molecule has 2 N–H and O–H groups in total. The zero-order chi connectivity index (χ0) is 15.8. The SMILES string of the molecule is CCCCCC(C)NC(=O)NCCc1ccc2c(c1)CCO2. The first kappa shape index (κ1) is 16.7. The maximum atomic E-state index is 11.8. The molecular formula is C18H28N2O2. The predicted molar refractivity (Wildman–Crippen MR) is 89.5 cm³/mol. The van der Waals surface area contributed by atoms with E-state index < -0.39 is 0 Å². The molecule has 0 bridgehead atoms. The van der Waals surface area contributed by atoms with Gasteiger partial charge >= 0.3 is 6.03 Å². The van der Waals surface area contributed by atoms with E-state index in [0.717, 1.165) is 31.6 Å². The van der Waals surface area contributed by atoms with Crippen LogP contribution in [0.4, 0.5) is 4.79 Å². The predicted octanol–water partition coefficient (Wildman–Crippen LogP) is 3.43. The molecular weight excluding hydrogens is 276 g/mol. The van der Waals surface area contributed by atoms with Gasteiger partial charge in [0.15, 0.2) is 0 Å². The van der Waals surface area contributed by atoms with Gasteiger partial charge in [-0.1, -0.05) is 38.3 Å². The molecule has 1 aliphatic heterocycles. The largest absolute Gasteiger partial charge is 0.493 e. The summed E-state index contributed by atoms with van der Waals surface area (Å²) in [4.78, 5) is 11.8. The molecule has 1 unspecified atom stereocenters. The number of nitrogens with one attached hydrogen (secondary N) is 2. The lowest BCUT2D eigenvalue weighted by atomic mass is 10.1. The number of benzene rings is 1. The molecule has 1 heterocycles. The summed E-state index contributed by atoms with van der Waals surface area (Å²) in [6, 6.07) is 6.48. The van der Waals surface area contributed by atoms with Gasteiger partial charge in [-0.2, -0.15) is 0 Å². The van der Waals surface area contributed by atoms with Gasteiger partial charge in [0.1, 0.15) is 5.75 Å². The maximum absolute atomic E-state index is 11.8. The van der Waals surface area contributed by atoms with E-state index in [0.29, 0.717) is 6.54 Å². The van der Waals surface area contributed by atoms with Gasteiger partial charge in [0.05, 0.1) is 6.61 Å². The topological polar surface area (TPSA) is 50.4 Å². The van der Waals surface area contributed by atoms with E-state index in [2.05, 4.69) is 36.6 Å². The molecule has 22 heavy (non-hydrogen) atoms. The van der Waals surface area contributed by atoms with Crippen molar-refractivity contribution in [3.05, 3.63) is 29.3 Å². The minimum absolute atomic E-state index is 0.0616. The summed E-state index contributed by atoms with van der Waals surface area (Å²) < 4.78 is 5.50. The molecule has 1 aromatic carbocycles. The summed E-state index contributed by atoms with van der Waals surface area (Å²) in [5, 5.41) is 5.94. The Bertz CT molecular complexity index is 488. The lowest BCUT2D eigenvalue weighted by Gasteiger charge is -2.14. The van der Waals surface area contributed by atoms with Gasteiger partial charge in [-0.25, -0.2) is 4.79 Å². The second-order valence-electron chi connectivity index (χ2n) is 6.09. The van der Waals surface area contributed by atoms with Crippen LogP contribution in [0.2, 0.25) is 0 Å². The van der Waals surface area contributed by atoms with Crippen LogP contribution in [-0.2, 0) is 12.8 Å². The Labute approximate surface area is 133 Å². The van der Waals surface area contributed by atoms with Crippen molar-refractivity contribution >= 4 is 6.03 Å². The summed E-state index contributed by atoms with van der Waals surface area (Å²) in [7, 11) is 0. The number of hydrogen-bond acceptors (Lipinski definition) is 2. The Hall–Kier alpha value is -1.71. The summed E-state index contributed by atoms with van der Waals surface area (Å²) >= 11 is 0. The average Bonchev–Trinajstić information content (AvgIpc) is 2.95. The van der Waals surface area contributed by atoms with E-state index in [1.807, 2.05) is 6.07 Å². The zero-order valence-corrected chi connectivity index (χ0v) is 13.8. The molecule has 0 aliphatic carbocycles. The Morgan fingerprint density at radius 1 is 1.36 bits per heavy atom. The molecule has 2 amide bonds. The molecule has 1 atom stereocenters. The van der Waals surface area contributed by atoms with Crippen molar-refractivity contribution in [3.8, 4) is 5.75 Å². The van der Waals surface area contributed by atoms with E-state index in [4.69, 9.17) is 4.74 Å². The van der Waals surface area contributed by atoms with Crippen LogP contribution >= 0.6 is 0 Å². The fourth-order valence-electron chi connectivity index (χ4n) is 2.76. The average molecular weight is 304 g/mol. The molecule has 0 saturated heterocycles. The van der Waals surface area contributed by atoms with Crippen molar-refractivity contribution in [1.29, 1.82) is 0 Å². The summed E-state index contributed by atoms with van der Waals surface area (Å²) in [6.45, 7) is 5.70. The number of rotatable bonds is 8. The highest BCUT2D eigenvalue weighted by Crippen LogP contribution is 2.25. The van der Waals surface area contributed by atoms with Gasteiger partial charge in [-0.15, -0.1) is 0 Å². The summed E-state index contributed by atoms with van der Waals surface area (Å²) in [6.07, 6.45) is 6.51. The van der Waals surface area contributed by atoms with Crippen LogP contribution in [0.25, 0.3) is 0 Å². The van der Waals surface area contributed by atoms with Gasteiger partial charge in [0, 0.05) is 19.0 Å². The van der Waals surface area contributed by atoms with E-state index in [1.54, 1.807) is 0 Å². The van der Waals surface area contributed by atoms with Crippen molar-refractivity contribution in [1.82, 2.24) is 10.6 Å². The van der Waals surface area contributed by atoms with Crippen LogP contribution in [-0.4, -0.2) is 25.2 Å². The van der Waals surface area contributed by atoms with Gasteiger partial charge in [0.2, 0.25) is 0 Å². The van der Waals surface area contributed by atoms with Gasteiger partial charge in [-0.05, 0) is 37.0 Å². The normalized spacial score (nSPS) is 14.1. The van der Waals surface area contributed by atoms with Crippen LogP contribution in [0, 0.1) is 0 Å². The van der Waals surface area contributed by atoms with E-state index >= 15 is 0 Å². The number of carbonyl (C=O) groups excluding carboxylic acids is 1. The zero-order valence-electron chi connectivity index (χ0n) is 13.8. The molecule has 0 radical (unpaired) electrons. The number of carbonyl (C=O) groups is 1. The highest BCUT2D eigenvalue weighted by molar-refractivity contribution is 5.74. The molecule has 0 aromatic heterocycles. The second kappa shape index (κ2) is 8.66. The fourth-order valence-corrected chi connectivity index (χ4v) is 2.76. The molecule has 0 fully saturated rings. The Balaban J connectivity index is 1.64. The minimum Gasteiger partial charge on any atom is -0.493 e. The second-order valence-corrected chi connectivity index (χ2v) is 6.09. The number of fused-ring (bicyclic) bond motifs is 1. The first-order chi connectivity index (χ1) is 10.7. The van der Waals surface area contributed by atoms with Crippen molar-refractivity contribution < 1.29 is 9.53 Å². The van der Waals surface area contributed by atoms with E-state index in [9.17, 15) is 4.79 Å². The maximum Gasteiger partial charge on any atom is 0.315 e. The van der Waals surface area contributed by atoms with Crippen LogP contribution in [0.15, 0.2) is 18.2 Å². The third-order valence-corrected chi connectivity index (χ3v) is 4.07. The highest BCUT2D eigenvalue weighted by atomic mass is 16.5.